The van der Waals surface area contributed by atoms with E-state index in [0.717, 1.165) is 28.7 Å². The van der Waals surface area contributed by atoms with E-state index in [0.29, 0.717) is 18.1 Å². The molecule has 206 valence electrons. The molecule has 5 rings (SSSR count). The molecule has 4 aromatic heterocycles. The molecule has 41 heavy (non-hydrogen) atoms. The second-order valence-electron chi connectivity index (χ2n) is 9.76. The molecule has 0 spiro atoms. The van der Waals surface area contributed by atoms with Crippen LogP contribution in [0.2, 0.25) is 0 Å². The van der Waals surface area contributed by atoms with Gasteiger partial charge in [0.05, 0.1) is 6.54 Å². The van der Waals surface area contributed by atoms with E-state index in [1.165, 1.54) is 16.2 Å². The number of benzene rings is 1. The summed E-state index contributed by atoms with van der Waals surface area (Å²) in [4.78, 5) is 45.1. The SMILES string of the molecule is CN(C)Cc1ccc(Nc2ncc3cc(/C=C/CNC(=O)c4cccn(Cc5cccnc5)c4=O)cnc3n2)cc1. The highest BCUT2D eigenvalue weighted by Crippen LogP contribution is 2.18. The number of carbonyl (C=O) groups excluding carboxylic acids is 1. The molecule has 0 saturated carbocycles. The Morgan fingerprint density at radius 2 is 1.85 bits per heavy atom. The van der Waals surface area contributed by atoms with Crippen LogP contribution < -0.4 is 16.2 Å². The van der Waals surface area contributed by atoms with Gasteiger partial charge in [0.1, 0.15) is 5.56 Å². The molecule has 0 atom stereocenters. The summed E-state index contributed by atoms with van der Waals surface area (Å²) < 4.78 is 1.49. The highest BCUT2D eigenvalue weighted by molar-refractivity contribution is 5.93. The summed E-state index contributed by atoms with van der Waals surface area (Å²) in [5.41, 5.74) is 4.14. The molecular formula is C31H30N8O2. The molecule has 0 unspecified atom stereocenters. The average molecular weight is 547 g/mol. The second-order valence-corrected chi connectivity index (χ2v) is 9.76. The number of rotatable bonds is 10. The van der Waals surface area contributed by atoms with E-state index in [9.17, 15) is 9.59 Å². The first kappa shape index (κ1) is 27.4. The van der Waals surface area contributed by atoms with Gasteiger partial charge < -0.3 is 20.1 Å². The van der Waals surface area contributed by atoms with Crippen molar-refractivity contribution in [2.45, 2.75) is 13.1 Å². The fourth-order valence-corrected chi connectivity index (χ4v) is 4.24. The van der Waals surface area contributed by atoms with Crippen molar-refractivity contribution in [3.63, 3.8) is 0 Å². The maximum Gasteiger partial charge on any atom is 0.263 e. The molecule has 1 aromatic carbocycles. The number of fused-ring (bicyclic) bond motifs is 1. The number of amides is 1. The molecule has 0 radical (unpaired) electrons. The number of carbonyl (C=O) groups is 1. The Morgan fingerprint density at radius 1 is 1.00 bits per heavy atom. The van der Waals surface area contributed by atoms with Gasteiger partial charge >= 0.3 is 0 Å². The van der Waals surface area contributed by atoms with Gasteiger partial charge in [-0.2, -0.15) is 4.98 Å². The van der Waals surface area contributed by atoms with Crippen molar-refractivity contribution in [2.24, 2.45) is 0 Å². The standard InChI is InChI=1S/C31H30N8O2/c1-38(2)20-22-9-11-26(12-10-22)36-31-35-19-25-16-23(18-34-28(25)37-31)6-4-14-33-29(40)27-8-5-15-39(30(27)41)21-24-7-3-13-32-17-24/h3-13,15-19H,14,20-21H2,1-2H3,(H,33,40)(H,34,35,36,37)/b6-4+. The Hall–Kier alpha value is -5.22. The van der Waals surface area contributed by atoms with Crippen molar-refractivity contribution in [1.29, 1.82) is 0 Å². The van der Waals surface area contributed by atoms with Gasteiger partial charge in [0, 0.05) is 55.1 Å². The first-order chi connectivity index (χ1) is 19.9. The van der Waals surface area contributed by atoms with Crippen LogP contribution in [0.25, 0.3) is 17.1 Å². The summed E-state index contributed by atoms with van der Waals surface area (Å²) in [5, 5.41) is 6.79. The van der Waals surface area contributed by atoms with Crippen LogP contribution in [0.15, 0.2) is 96.5 Å². The third-order valence-electron chi connectivity index (χ3n) is 6.19. The van der Waals surface area contributed by atoms with E-state index in [-0.39, 0.29) is 17.7 Å². The Labute approximate surface area is 237 Å². The lowest BCUT2D eigenvalue weighted by Crippen LogP contribution is -2.33. The lowest BCUT2D eigenvalue weighted by molar-refractivity contribution is 0.0956. The molecule has 0 bridgehead atoms. The van der Waals surface area contributed by atoms with E-state index in [1.807, 2.05) is 50.5 Å². The maximum absolute atomic E-state index is 12.8. The molecule has 5 aromatic rings. The lowest BCUT2D eigenvalue weighted by Gasteiger charge is -2.10. The molecule has 10 heteroatoms. The zero-order valence-corrected chi connectivity index (χ0v) is 22.9. The molecule has 0 fully saturated rings. The van der Waals surface area contributed by atoms with E-state index in [1.54, 1.807) is 43.1 Å². The quantitative estimate of drug-likeness (QED) is 0.271. The van der Waals surface area contributed by atoms with Gasteiger partial charge in [-0.05, 0) is 67.2 Å². The minimum absolute atomic E-state index is 0.0863. The lowest BCUT2D eigenvalue weighted by atomic mass is 10.2. The van der Waals surface area contributed by atoms with Gasteiger partial charge in [-0.1, -0.05) is 30.4 Å². The molecule has 0 aliphatic heterocycles. The first-order valence-electron chi connectivity index (χ1n) is 13.1. The van der Waals surface area contributed by atoms with E-state index in [2.05, 4.69) is 47.6 Å². The number of nitrogens with zero attached hydrogens (tertiary/aromatic N) is 6. The Bertz CT molecular complexity index is 1730. The normalized spacial score (nSPS) is 11.3. The Balaban J connectivity index is 1.17. The van der Waals surface area contributed by atoms with Crippen molar-refractivity contribution in [3.8, 4) is 0 Å². The van der Waals surface area contributed by atoms with Gasteiger partial charge in [0.2, 0.25) is 5.95 Å². The number of hydrogen-bond donors (Lipinski definition) is 2. The largest absolute Gasteiger partial charge is 0.348 e. The summed E-state index contributed by atoms with van der Waals surface area (Å²) in [7, 11) is 4.08. The van der Waals surface area contributed by atoms with Crippen molar-refractivity contribution in [1.82, 2.24) is 34.7 Å². The van der Waals surface area contributed by atoms with Gasteiger partial charge in [-0.15, -0.1) is 0 Å². The van der Waals surface area contributed by atoms with Gasteiger partial charge in [0.15, 0.2) is 5.65 Å². The predicted octanol–water partition coefficient (Wildman–Crippen LogP) is 3.88. The van der Waals surface area contributed by atoms with Crippen molar-refractivity contribution in [3.05, 3.63) is 124 Å². The number of hydrogen-bond acceptors (Lipinski definition) is 8. The zero-order valence-electron chi connectivity index (χ0n) is 22.9. The topological polar surface area (TPSA) is 118 Å². The van der Waals surface area contributed by atoms with Crippen molar-refractivity contribution < 1.29 is 4.79 Å². The summed E-state index contributed by atoms with van der Waals surface area (Å²) in [6.07, 6.45) is 12.1. The summed E-state index contributed by atoms with van der Waals surface area (Å²) >= 11 is 0. The third-order valence-corrected chi connectivity index (χ3v) is 6.19. The molecular weight excluding hydrogens is 516 g/mol. The minimum Gasteiger partial charge on any atom is -0.348 e. The highest BCUT2D eigenvalue weighted by atomic mass is 16.2. The molecule has 0 aliphatic rings. The monoisotopic (exact) mass is 546 g/mol. The van der Waals surface area contributed by atoms with E-state index >= 15 is 0 Å². The number of pyridine rings is 3. The van der Waals surface area contributed by atoms with E-state index < -0.39 is 5.91 Å². The van der Waals surface area contributed by atoms with Crippen LogP contribution >= 0.6 is 0 Å². The van der Waals surface area contributed by atoms with Crippen LogP contribution in [0, 0.1) is 0 Å². The number of anilines is 2. The van der Waals surface area contributed by atoms with Crippen LogP contribution in [0.3, 0.4) is 0 Å². The first-order valence-corrected chi connectivity index (χ1v) is 13.1. The third kappa shape index (κ3) is 7.25. The van der Waals surface area contributed by atoms with Gasteiger partial charge in [-0.3, -0.25) is 14.6 Å². The van der Waals surface area contributed by atoms with Crippen molar-refractivity contribution in [2.75, 3.05) is 26.0 Å². The summed E-state index contributed by atoms with van der Waals surface area (Å²) in [5.74, 6) is 0.0365. The van der Waals surface area contributed by atoms with Crippen LogP contribution in [-0.2, 0) is 13.1 Å². The zero-order chi connectivity index (χ0) is 28.6. The van der Waals surface area contributed by atoms with Crippen LogP contribution in [0.1, 0.15) is 27.0 Å². The summed E-state index contributed by atoms with van der Waals surface area (Å²) in [6.45, 7) is 1.47. The molecule has 10 nitrogen and oxygen atoms in total. The van der Waals surface area contributed by atoms with Crippen LogP contribution in [0.4, 0.5) is 11.6 Å². The van der Waals surface area contributed by atoms with Gasteiger partial charge in [-0.25, -0.2) is 9.97 Å². The Morgan fingerprint density at radius 3 is 2.63 bits per heavy atom. The second kappa shape index (κ2) is 12.8. The van der Waals surface area contributed by atoms with E-state index in [4.69, 9.17) is 0 Å². The maximum atomic E-state index is 12.8. The number of nitrogens with one attached hydrogen (secondary N) is 2. The van der Waals surface area contributed by atoms with Crippen LogP contribution in [0.5, 0.6) is 0 Å². The predicted molar refractivity (Wildman–Crippen MR) is 160 cm³/mol. The fourth-order valence-electron chi connectivity index (χ4n) is 4.24. The number of aromatic nitrogens is 5. The average Bonchev–Trinajstić information content (AvgIpc) is 2.97. The Kier molecular flexibility index (Phi) is 8.51. The fraction of sp³-hybridized carbons (Fsp3) is 0.161. The molecule has 0 aliphatic carbocycles. The molecule has 4 heterocycles. The van der Waals surface area contributed by atoms with Gasteiger partial charge in [0.25, 0.3) is 11.5 Å². The van der Waals surface area contributed by atoms with Crippen LogP contribution in [-0.4, -0.2) is 56.0 Å². The molecule has 1 amide bonds. The molecule has 2 N–H and O–H groups in total. The minimum atomic E-state index is -0.433. The smallest absolute Gasteiger partial charge is 0.263 e. The highest BCUT2D eigenvalue weighted by Gasteiger charge is 2.11. The molecule has 0 saturated heterocycles. The van der Waals surface area contributed by atoms with Crippen molar-refractivity contribution >= 4 is 34.7 Å². The summed E-state index contributed by atoms with van der Waals surface area (Å²) in [6, 6.07) is 17.0.